The maximum atomic E-state index is 12.9. The van der Waals surface area contributed by atoms with Crippen molar-refractivity contribution in [2.24, 2.45) is 5.84 Å². The van der Waals surface area contributed by atoms with E-state index < -0.39 is 5.91 Å². The molecule has 1 saturated heterocycles. The van der Waals surface area contributed by atoms with Gasteiger partial charge >= 0.3 is 6.01 Å². The van der Waals surface area contributed by atoms with Crippen LogP contribution in [-0.2, 0) is 0 Å². The topological polar surface area (TPSA) is 140 Å². The highest BCUT2D eigenvalue weighted by Crippen LogP contribution is 2.24. The second kappa shape index (κ2) is 10.2. The average Bonchev–Trinajstić information content (AvgIpc) is 2.85. The van der Waals surface area contributed by atoms with Crippen LogP contribution in [0.3, 0.4) is 0 Å². The highest BCUT2D eigenvalue weighted by molar-refractivity contribution is 6.00. The fourth-order valence-electron chi connectivity index (χ4n) is 3.41. The predicted octanol–water partition coefficient (Wildman–Crippen LogP) is 0.663. The molecule has 2 aromatic heterocycles. The first-order valence-corrected chi connectivity index (χ1v) is 10.6. The van der Waals surface area contributed by atoms with Crippen LogP contribution in [0.5, 0.6) is 6.01 Å². The zero-order valence-corrected chi connectivity index (χ0v) is 18.5. The molecule has 3 aromatic rings. The Bertz CT molecular complexity index is 1070. The second-order valence-corrected chi connectivity index (χ2v) is 7.74. The Morgan fingerprint density at radius 2 is 1.76 bits per heavy atom. The molecule has 0 saturated carbocycles. The summed E-state index contributed by atoms with van der Waals surface area (Å²) in [6.07, 6.45) is 6.66. The summed E-state index contributed by atoms with van der Waals surface area (Å²) in [7, 11) is 2.11. The van der Waals surface area contributed by atoms with Crippen molar-refractivity contribution in [1.82, 2.24) is 29.8 Å². The first kappa shape index (κ1) is 22.4. The summed E-state index contributed by atoms with van der Waals surface area (Å²) < 4.78 is 5.40. The minimum absolute atomic E-state index is 0.142. The van der Waals surface area contributed by atoms with Crippen LogP contribution in [0.15, 0.2) is 49.1 Å². The van der Waals surface area contributed by atoms with E-state index in [9.17, 15) is 4.79 Å². The van der Waals surface area contributed by atoms with Crippen molar-refractivity contribution >= 4 is 17.5 Å². The van der Waals surface area contributed by atoms with Crippen LogP contribution < -0.4 is 21.2 Å². The molecule has 11 heteroatoms. The van der Waals surface area contributed by atoms with Crippen molar-refractivity contribution in [3.63, 3.8) is 0 Å². The maximum Gasteiger partial charge on any atom is 0.316 e. The molecule has 3 heterocycles. The molecule has 1 amide bonds. The lowest BCUT2D eigenvalue weighted by atomic mass is 10.0. The fourth-order valence-corrected chi connectivity index (χ4v) is 3.41. The number of hydrazine groups is 1. The van der Waals surface area contributed by atoms with E-state index in [-0.39, 0.29) is 19.2 Å². The number of carbonyl (C=O) groups is 1. The number of hydrogen-bond donors (Lipinski definition) is 2. The molecule has 4 rings (SSSR count). The third-order valence-corrected chi connectivity index (χ3v) is 5.41. The normalized spacial score (nSPS) is 14.2. The highest BCUT2D eigenvalue weighted by atomic mass is 16.5. The summed E-state index contributed by atoms with van der Waals surface area (Å²) in [5, 5.41) is 1.06. The van der Waals surface area contributed by atoms with Gasteiger partial charge in [-0.25, -0.2) is 25.8 Å². The van der Waals surface area contributed by atoms with Gasteiger partial charge < -0.3 is 20.3 Å². The summed E-state index contributed by atoms with van der Waals surface area (Å²) in [5.41, 5.74) is 8.26. The Morgan fingerprint density at radius 3 is 2.45 bits per heavy atom. The molecular formula is C22H27N9O2. The molecule has 0 aliphatic carbocycles. The smallest absolute Gasteiger partial charge is 0.316 e. The summed E-state index contributed by atoms with van der Waals surface area (Å²) >= 11 is 0. The SMILES string of the molecule is CN1CCN(c2ncc(-c3ccc(N)c(C(=O)N(N)CCOc4ncccn4)c3)cn2)CC1. The highest BCUT2D eigenvalue weighted by Gasteiger charge is 2.18. The number of nitrogens with two attached hydrogens (primary N) is 2. The Balaban J connectivity index is 1.42. The molecule has 1 aliphatic heterocycles. The van der Waals surface area contributed by atoms with Crippen LogP contribution in [0.4, 0.5) is 11.6 Å². The summed E-state index contributed by atoms with van der Waals surface area (Å²) in [5.74, 6) is 6.25. The van der Waals surface area contributed by atoms with Gasteiger partial charge in [0.05, 0.1) is 12.1 Å². The predicted molar refractivity (Wildman–Crippen MR) is 124 cm³/mol. The van der Waals surface area contributed by atoms with E-state index in [2.05, 4.69) is 36.8 Å². The average molecular weight is 450 g/mol. The lowest BCUT2D eigenvalue weighted by Crippen LogP contribution is -2.45. The number of piperazine rings is 1. The Kier molecular flexibility index (Phi) is 6.91. The molecule has 4 N–H and O–H groups in total. The third-order valence-electron chi connectivity index (χ3n) is 5.41. The van der Waals surface area contributed by atoms with E-state index in [1.807, 2.05) is 6.07 Å². The first-order chi connectivity index (χ1) is 16.0. The van der Waals surface area contributed by atoms with E-state index in [0.29, 0.717) is 17.2 Å². The molecule has 172 valence electrons. The largest absolute Gasteiger partial charge is 0.462 e. The first-order valence-electron chi connectivity index (χ1n) is 10.6. The van der Waals surface area contributed by atoms with Crippen LogP contribution in [0.2, 0.25) is 0 Å². The van der Waals surface area contributed by atoms with Gasteiger partial charge in [-0.1, -0.05) is 6.07 Å². The van der Waals surface area contributed by atoms with E-state index in [4.69, 9.17) is 16.3 Å². The van der Waals surface area contributed by atoms with Gasteiger partial charge in [0.25, 0.3) is 5.91 Å². The molecule has 1 aliphatic rings. The monoisotopic (exact) mass is 449 g/mol. The van der Waals surface area contributed by atoms with Gasteiger partial charge in [0.1, 0.15) is 6.61 Å². The number of nitrogens with zero attached hydrogens (tertiary/aromatic N) is 7. The fraction of sp³-hybridized carbons (Fsp3) is 0.318. The third kappa shape index (κ3) is 5.51. The Hall–Kier alpha value is -3.83. The van der Waals surface area contributed by atoms with E-state index in [0.717, 1.165) is 42.3 Å². The minimum Gasteiger partial charge on any atom is -0.462 e. The van der Waals surface area contributed by atoms with Gasteiger partial charge in [0.15, 0.2) is 0 Å². The van der Waals surface area contributed by atoms with Crippen molar-refractivity contribution in [3.05, 3.63) is 54.6 Å². The summed E-state index contributed by atoms with van der Waals surface area (Å²) in [6, 6.07) is 7.12. The molecular weight excluding hydrogens is 422 g/mol. The number of carbonyl (C=O) groups excluding carboxylic acids is 1. The zero-order chi connectivity index (χ0) is 23.2. The van der Waals surface area contributed by atoms with Crippen LogP contribution in [0, 0.1) is 0 Å². The molecule has 0 atom stereocenters. The number of likely N-dealkylation sites (N-methyl/N-ethyl adjacent to an activating group) is 1. The summed E-state index contributed by atoms with van der Waals surface area (Å²) in [6.45, 7) is 4.03. The van der Waals surface area contributed by atoms with Crippen LogP contribution in [-0.4, -0.2) is 82.1 Å². The number of rotatable bonds is 7. The number of anilines is 2. The molecule has 0 radical (unpaired) electrons. The molecule has 0 unspecified atom stereocenters. The van der Waals surface area contributed by atoms with Crippen molar-refractivity contribution in [2.75, 3.05) is 57.0 Å². The lowest BCUT2D eigenvalue weighted by molar-refractivity contribution is 0.0728. The number of benzene rings is 1. The molecule has 0 spiro atoms. The van der Waals surface area contributed by atoms with E-state index in [1.165, 1.54) is 0 Å². The number of amides is 1. The van der Waals surface area contributed by atoms with Gasteiger partial charge in [-0.3, -0.25) is 9.80 Å². The standard InChI is InChI=1S/C22H27N9O2/c1-29-7-9-30(10-8-29)21-27-14-17(15-28-21)16-3-4-19(23)18(13-16)20(32)31(24)11-12-33-22-25-5-2-6-26-22/h2-6,13-15H,7-12,23-24H2,1H3. The van der Waals surface area contributed by atoms with Crippen molar-refractivity contribution in [1.29, 1.82) is 0 Å². The van der Waals surface area contributed by atoms with Gasteiger partial charge in [-0.05, 0) is 30.8 Å². The summed E-state index contributed by atoms with van der Waals surface area (Å²) in [4.78, 5) is 34.3. The van der Waals surface area contributed by atoms with Gasteiger partial charge in [0, 0.05) is 62.2 Å². The van der Waals surface area contributed by atoms with E-state index >= 15 is 0 Å². The number of ether oxygens (including phenoxy) is 1. The zero-order valence-electron chi connectivity index (χ0n) is 18.5. The van der Waals surface area contributed by atoms with Crippen molar-refractivity contribution < 1.29 is 9.53 Å². The van der Waals surface area contributed by atoms with Gasteiger partial charge in [-0.15, -0.1) is 0 Å². The molecule has 1 fully saturated rings. The van der Waals surface area contributed by atoms with Crippen LogP contribution in [0.1, 0.15) is 10.4 Å². The van der Waals surface area contributed by atoms with Gasteiger partial charge in [0.2, 0.25) is 5.95 Å². The van der Waals surface area contributed by atoms with Crippen molar-refractivity contribution in [2.45, 2.75) is 0 Å². The van der Waals surface area contributed by atoms with Crippen LogP contribution in [0.25, 0.3) is 11.1 Å². The molecule has 1 aromatic carbocycles. The van der Waals surface area contributed by atoms with Crippen LogP contribution >= 0.6 is 0 Å². The molecule has 0 bridgehead atoms. The maximum absolute atomic E-state index is 12.9. The lowest BCUT2D eigenvalue weighted by Gasteiger charge is -2.32. The van der Waals surface area contributed by atoms with E-state index in [1.54, 1.807) is 43.0 Å². The van der Waals surface area contributed by atoms with Crippen molar-refractivity contribution in [3.8, 4) is 17.1 Å². The Morgan fingerprint density at radius 1 is 1.06 bits per heavy atom. The minimum atomic E-state index is -0.415. The quantitative estimate of drug-likeness (QED) is 0.229. The molecule has 33 heavy (non-hydrogen) atoms. The number of aromatic nitrogens is 4. The van der Waals surface area contributed by atoms with Gasteiger partial charge in [-0.2, -0.15) is 0 Å². The number of nitrogen functional groups attached to an aromatic ring is 1. The molecule has 11 nitrogen and oxygen atoms in total. The second-order valence-electron chi connectivity index (χ2n) is 7.74. The Labute approximate surface area is 192 Å². The number of hydrogen-bond acceptors (Lipinski definition) is 10.